The van der Waals surface area contributed by atoms with Crippen LogP contribution in [-0.4, -0.2) is 26.8 Å². The Kier molecular flexibility index (Phi) is 5.98. The monoisotopic (exact) mass is 370 g/mol. The number of hydrogen-bond donors (Lipinski definition) is 0. The summed E-state index contributed by atoms with van der Waals surface area (Å²) in [6.45, 7) is 2.75. The first-order valence-electron chi connectivity index (χ1n) is 8.64. The second-order valence-electron chi connectivity index (χ2n) is 5.80. The van der Waals surface area contributed by atoms with Crippen LogP contribution in [0.3, 0.4) is 0 Å². The first-order valence-corrected chi connectivity index (χ1v) is 8.64. The van der Waals surface area contributed by atoms with Crippen LogP contribution in [0.2, 0.25) is 0 Å². The molecule has 0 unspecified atom stereocenters. The SMILES string of the molecule is CCOCc1c(C(=O)OCc2cc(OC)ccc2OC)oc2ccccc12. The third kappa shape index (κ3) is 4.06. The van der Waals surface area contributed by atoms with Crippen molar-refractivity contribution in [1.29, 1.82) is 0 Å². The fourth-order valence-electron chi connectivity index (χ4n) is 2.81. The van der Waals surface area contributed by atoms with Crippen LogP contribution < -0.4 is 9.47 Å². The summed E-state index contributed by atoms with van der Waals surface area (Å²) in [5, 5.41) is 0.844. The predicted octanol–water partition coefficient (Wildman–Crippen LogP) is 4.34. The molecule has 0 fully saturated rings. The topological polar surface area (TPSA) is 67.1 Å². The molecule has 3 rings (SSSR count). The predicted molar refractivity (Wildman–Crippen MR) is 100 cm³/mol. The molecule has 2 aromatic carbocycles. The standard InChI is InChI=1S/C21H22O6/c1-4-25-13-17-16-7-5-6-8-19(16)27-20(17)21(22)26-12-14-11-15(23-2)9-10-18(14)24-3/h5-11H,4,12-13H2,1-3H3. The van der Waals surface area contributed by atoms with E-state index in [2.05, 4.69) is 0 Å². The van der Waals surface area contributed by atoms with Crippen LogP contribution >= 0.6 is 0 Å². The van der Waals surface area contributed by atoms with Crippen LogP contribution in [0, 0.1) is 0 Å². The number of methoxy groups -OCH3 is 2. The minimum Gasteiger partial charge on any atom is -0.497 e. The summed E-state index contributed by atoms with van der Waals surface area (Å²) in [6.07, 6.45) is 0. The van der Waals surface area contributed by atoms with Crippen molar-refractivity contribution >= 4 is 16.9 Å². The Morgan fingerprint density at radius 1 is 1.04 bits per heavy atom. The molecule has 0 bridgehead atoms. The van der Waals surface area contributed by atoms with E-state index in [0.29, 0.717) is 34.8 Å². The van der Waals surface area contributed by atoms with Gasteiger partial charge in [-0.05, 0) is 31.2 Å². The number of para-hydroxylation sites is 1. The van der Waals surface area contributed by atoms with Crippen molar-refractivity contribution in [3.63, 3.8) is 0 Å². The van der Waals surface area contributed by atoms with E-state index in [1.54, 1.807) is 32.4 Å². The van der Waals surface area contributed by atoms with E-state index in [9.17, 15) is 4.79 Å². The van der Waals surface area contributed by atoms with Crippen LogP contribution in [0.1, 0.15) is 28.6 Å². The second kappa shape index (κ2) is 8.60. The minimum absolute atomic E-state index is 0.0321. The molecule has 0 aliphatic rings. The molecular weight excluding hydrogens is 348 g/mol. The molecule has 0 radical (unpaired) electrons. The lowest BCUT2D eigenvalue weighted by molar-refractivity contribution is 0.0427. The molecule has 1 heterocycles. The van der Waals surface area contributed by atoms with Crippen molar-refractivity contribution in [3.05, 3.63) is 59.4 Å². The lowest BCUT2D eigenvalue weighted by atomic mass is 10.1. The maximum atomic E-state index is 12.7. The molecule has 6 heteroatoms. The average Bonchev–Trinajstić information content (AvgIpc) is 3.08. The van der Waals surface area contributed by atoms with Crippen molar-refractivity contribution in [3.8, 4) is 11.5 Å². The minimum atomic E-state index is -0.550. The van der Waals surface area contributed by atoms with Gasteiger partial charge in [0.25, 0.3) is 0 Å². The highest BCUT2D eigenvalue weighted by atomic mass is 16.5. The Labute approximate surface area is 157 Å². The van der Waals surface area contributed by atoms with E-state index in [0.717, 1.165) is 5.39 Å². The summed E-state index contributed by atoms with van der Waals surface area (Å²) in [6, 6.07) is 12.8. The normalized spacial score (nSPS) is 10.8. The van der Waals surface area contributed by atoms with E-state index in [4.69, 9.17) is 23.4 Å². The Hall–Kier alpha value is -2.99. The van der Waals surface area contributed by atoms with Crippen molar-refractivity contribution in [2.75, 3.05) is 20.8 Å². The molecule has 27 heavy (non-hydrogen) atoms. The highest BCUT2D eigenvalue weighted by molar-refractivity contribution is 5.96. The van der Waals surface area contributed by atoms with Crippen molar-refractivity contribution in [2.24, 2.45) is 0 Å². The van der Waals surface area contributed by atoms with Gasteiger partial charge in [-0.15, -0.1) is 0 Å². The van der Waals surface area contributed by atoms with Gasteiger partial charge in [-0.1, -0.05) is 18.2 Å². The molecule has 0 aliphatic carbocycles. The molecule has 0 spiro atoms. The van der Waals surface area contributed by atoms with Gasteiger partial charge >= 0.3 is 5.97 Å². The van der Waals surface area contributed by atoms with E-state index in [-0.39, 0.29) is 19.0 Å². The van der Waals surface area contributed by atoms with E-state index in [1.807, 2.05) is 31.2 Å². The number of rotatable bonds is 8. The van der Waals surface area contributed by atoms with Crippen LogP contribution in [-0.2, 0) is 22.7 Å². The molecule has 0 saturated heterocycles. The molecular formula is C21H22O6. The van der Waals surface area contributed by atoms with Gasteiger partial charge in [-0.3, -0.25) is 0 Å². The fraction of sp³-hybridized carbons (Fsp3) is 0.286. The zero-order valence-corrected chi connectivity index (χ0v) is 15.6. The van der Waals surface area contributed by atoms with E-state index < -0.39 is 5.97 Å². The third-order valence-electron chi connectivity index (χ3n) is 4.18. The third-order valence-corrected chi connectivity index (χ3v) is 4.18. The number of ether oxygens (including phenoxy) is 4. The summed E-state index contributed by atoms with van der Waals surface area (Å²) in [5.41, 5.74) is 2.01. The summed E-state index contributed by atoms with van der Waals surface area (Å²) in [5.74, 6) is 0.877. The molecule has 3 aromatic rings. The van der Waals surface area contributed by atoms with E-state index in [1.165, 1.54) is 0 Å². The fourth-order valence-corrected chi connectivity index (χ4v) is 2.81. The van der Waals surface area contributed by atoms with Crippen LogP contribution in [0.4, 0.5) is 0 Å². The van der Waals surface area contributed by atoms with Gasteiger partial charge < -0.3 is 23.4 Å². The van der Waals surface area contributed by atoms with Gasteiger partial charge in [-0.2, -0.15) is 0 Å². The zero-order valence-electron chi connectivity index (χ0n) is 15.6. The lowest BCUT2D eigenvalue weighted by Gasteiger charge is -2.11. The molecule has 0 saturated carbocycles. The Morgan fingerprint density at radius 2 is 1.85 bits per heavy atom. The first-order chi connectivity index (χ1) is 13.2. The highest BCUT2D eigenvalue weighted by Gasteiger charge is 2.22. The second-order valence-corrected chi connectivity index (χ2v) is 5.80. The quantitative estimate of drug-likeness (QED) is 0.550. The van der Waals surface area contributed by atoms with E-state index >= 15 is 0 Å². The number of hydrogen-bond acceptors (Lipinski definition) is 6. The number of esters is 1. The molecule has 142 valence electrons. The number of carbonyl (C=O) groups is 1. The molecule has 0 amide bonds. The van der Waals surface area contributed by atoms with Crippen molar-refractivity contribution < 1.29 is 28.2 Å². The van der Waals surface area contributed by atoms with Crippen LogP contribution in [0.15, 0.2) is 46.9 Å². The Balaban J connectivity index is 1.84. The first kappa shape index (κ1) is 18.8. The van der Waals surface area contributed by atoms with Gasteiger partial charge in [0.15, 0.2) is 0 Å². The van der Waals surface area contributed by atoms with Gasteiger partial charge in [-0.25, -0.2) is 4.79 Å². The summed E-state index contributed by atoms with van der Waals surface area (Å²) >= 11 is 0. The zero-order chi connectivity index (χ0) is 19.2. The van der Waals surface area contributed by atoms with Crippen molar-refractivity contribution in [2.45, 2.75) is 20.1 Å². The maximum absolute atomic E-state index is 12.7. The Morgan fingerprint density at radius 3 is 2.59 bits per heavy atom. The smallest absolute Gasteiger partial charge is 0.374 e. The molecule has 0 N–H and O–H groups in total. The summed E-state index contributed by atoms with van der Waals surface area (Å²) in [4.78, 5) is 12.7. The average molecular weight is 370 g/mol. The van der Waals surface area contributed by atoms with Crippen molar-refractivity contribution in [1.82, 2.24) is 0 Å². The lowest BCUT2D eigenvalue weighted by Crippen LogP contribution is -2.08. The van der Waals surface area contributed by atoms with Gasteiger partial charge in [0.05, 0.1) is 20.8 Å². The summed E-state index contributed by atoms with van der Waals surface area (Å²) < 4.78 is 27.3. The van der Waals surface area contributed by atoms with Gasteiger partial charge in [0.2, 0.25) is 5.76 Å². The molecule has 6 nitrogen and oxygen atoms in total. The van der Waals surface area contributed by atoms with Crippen LogP contribution in [0.5, 0.6) is 11.5 Å². The number of benzene rings is 2. The van der Waals surface area contributed by atoms with Crippen LogP contribution in [0.25, 0.3) is 11.0 Å². The maximum Gasteiger partial charge on any atom is 0.374 e. The largest absolute Gasteiger partial charge is 0.497 e. The number of fused-ring (bicyclic) bond motifs is 1. The van der Waals surface area contributed by atoms with Gasteiger partial charge in [0.1, 0.15) is 23.7 Å². The molecule has 0 aliphatic heterocycles. The molecule has 0 atom stereocenters. The molecule has 1 aromatic heterocycles. The Bertz CT molecular complexity index is 928. The van der Waals surface area contributed by atoms with Gasteiger partial charge in [0, 0.05) is 23.1 Å². The highest BCUT2D eigenvalue weighted by Crippen LogP contribution is 2.29. The number of furan rings is 1. The number of carbonyl (C=O) groups excluding carboxylic acids is 1. The summed E-state index contributed by atoms with van der Waals surface area (Å²) in [7, 11) is 3.14.